The van der Waals surface area contributed by atoms with Gasteiger partial charge in [-0.3, -0.25) is 4.79 Å². The van der Waals surface area contributed by atoms with Gasteiger partial charge in [0.25, 0.3) is 0 Å². The SMILES string of the molecule is CCC1(C(=O)N(C)C2CCC(N)CC2)COC1. The molecule has 2 rings (SSSR count). The Morgan fingerprint density at radius 2 is 1.94 bits per heavy atom. The van der Waals surface area contributed by atoms with Gasteiger partial charge in [0.15, 0.2) is 0 Å². The highest BCUT2D eigenvalue weighted by Crippen LogP contribution is 2.35. The van der Waals surface area contributed by atoms with Crippen LogP contribution in [0.2, 0.25) is 0 Å². The first-order valence-corrected chi connectivity index (χ1v) is 6.69. The average molecular weight is 240 g/mol. The lowest BCUT2D eigenvalue weighted by Gasteiger charge is -2.44. The summed E-state index contributed by atoms with van der Waals surface area (Å²) >= 11 is 0. The maximum atomic E-state index is 12.5. The highest BCUT2D eigenvalue weighted by molar-refractivity contribution is 5.83. The summed E-state index contributed by atoms with van der Waals surface area (Å²) in [5, 5.41) is 0. The largest absolute Gasteiger partial charge is 0.379 e. The maximum Gasteiger partial charge on any atom is 0.233 e. The fourth-order valence-corrected chi connectivity index (χ4v) is 2.86. The van der Waals surface area contributed by atoms with E-state index in [-0.39, 0.29) is 11.3 Å². The topological polar surface area (TPSA) is 55.6 Å². The molecule has 0 atom stereocenters. The van der Waals surface area contributed by atoms with E-state index in [1.807, 2.05) is 11.9 Å². The third-order valence-electron chi connectivity index (χ3n) is 4.50. The summed E-state index contributed by atoms with van der Waals surface area (Å²) in [5.74, 6) is 0.270. The highest BCUT2D eigenvalue weighted by Gasteiger charge is 2.46. The van der Waals surface area contributed by atoms with Crippen LogP contribution >= 0.6 is 0 Å². The van der Waals surface area contributed by atoms with E-state index in [1.165, 1.54) is 0 Å². The Hall–Kier alpha value is -0.610. The van der Waals surface area contributed by atoms with Gasteiger partial charge in [-0.1, -0.05) is 6.92 Å². The van der Waals surface area contributed by atoms with Gasteiger partial charge < -0.3 is 15.4 Å². The Morgan fingerprint density at radius 1 is 1.35 bits per heavy atom. The Bertz CT molecular complexity index is 276. The lowest BCUT2D eigenvalue weighted by molar-refractivity contribution is -0.174. The second-order valence-corrected chi connectivity index (χ2v) is 5.61. The molecule has 0 aromatic rings. The van der Waals surface area contributed by atoms with Crippen molar-refractivity contribution in [2.75, 3.05) is 20.3 Å². The molecule has 0 spiro atoms. The second kappa shape index (κ2) is 4.94. The van der Waals surface area contributed by atoms with Crippen molar-refractivity contribution in [1.29, 1.82) is 0 Å². The molecule has 0 unspecified atom stereocenters. The highest BCUT2D eigenvalue weighted by atomic mass is 16.5. The number of nitrogens with two attached hydrogens (primary N) is 1. The van der Waals surface area contributed by atoms with Gasteiger partial charge in [0.05, 0.1) is 18.6 Å². The zero-order valence-electron chi connectivity index (χ0n) is 10.9. The molecule has 0 radical (unpaired) electrons. The van der Waals surface area contributed by atoms with Gasteiger partial charge in [0.1, 0.15) is 0 Å². The van der Waals surface area contributed by atoms with Gasteiger partial charge in [-0.05, 0) is 32.1 Å². The van der Waals surface area contributed by atoms with Crippen molar-refractivity contribution in [3.63, 3.8) is 0 Å². The molecule has 2 aliphatic rings. The Morgan fingerprint density at radius 3 is 2.35 bits per heavy atom. The summed E-state index contributed by atoms with van der Waals surface area (Å²) < 4.78 is 5.24. The zero-order valence-corrected chi connectivity index (χ0v) is 10.9. The van der Waals surface area contributed by atoms with Crippen LogP contribution in [0, 0.1) is 5.41 Å². The first-order chi connectivity index (χ1) is 8.09. The number of nitrogens with zero attached hydrogens (tertiary/aromatic N) is 1. The molecule has 2 fully saturated rings. The predicted molar refractivity (Wildman–Crippen MR) is 66.5 cm³/mol. The van der Waals surface area contributed by atoms with Gasteiger partial charge in [-0.2, -0.15) is 0 Å². The van der Waals surface area contributed by atoms with Crippen LogP contribution in [0.5, 0.6) is 0 Å². The van der Waals surface area contributed by atoms with Crippen LogP contribution in [0.25, 0.3) is 0 Å². The summed E-state index contributed by atoms with van der Waals surface area (Å²) in [7, 11) is 1.94. The number of carbonyl (C=O) groups is 1. The van der Waals surface area contributed by atoms with E-state index in [4.69, 9.17) is 10.5 Å². The van der Waals surface area contributed by atoms with Crippen LogP contribution in [0.15, 0.2) is 0 Å². The van der Waals surface area contributed by atoms with Crippen LogP contribution in [-0.4, -0.2) is 43.2 Å². The second-order valence-electron chi connectivity index (χ2n) is 5.61. The fraction of sp³-hybridized carbons (Fsp3) is 0.923. The number of ether oxygens (including phenoxy) is 1. The molecule has 4 heteroatoms. The van der Waals surface area contributed by atoms with Crippen molar-refractivity contribution in [1.82, 2.24) is 4.90 Å². The summed E-state index contributed by atoms with van der Waals surface area (Å²) in [5.41, 5.74) is 5.67. The minimum absolute atomic E-state index is 0.228. The van der Waals surface area contributed by atoms with Gasteiger partial charge in [0, 0.05) is 19.1 Å². The summed E-state index contributed by atoms with van der Waals surface area (Å²) in [6, 6.07) is 0.716. The van der Waals surface area contributed by atoms with Gasteiger partial charge in [-0.15, -0.1) is 0 Å². The quantitative estimate of drug-likeness (QED) is 0.805. The molecule has 17 heavy (non-hydrogen) atoms. The van der Waals surface area contributed by atoms with Crippen LogP contribution in [-0.2, 0) is 9.53 Å². The summed E-state index contributed by atoms with van der Waals surface area (Å²) in [4.78, 5) is 14.4. The Labute approximate surface area is 103 Å². The van der Waals surface area contributed by atoms with Gasteiger partial charge in [-0.25, -0.2) is 0 Å². The molecule has 1 amide bonds. The minimum Gasteiger partial charge on any atom is -0.379 e. The molecule has 1 saturated heterocycles. The molecule has 1 aliphatic carbocycles. The zero-order chi connectivity index (χ0) is 12.5. The molecular weight excluding hydrogens is 216 g/mol. The normalized spacial score (nSPS) is 31.7. The molecule has 0 aromatic carbocycles. The average Bonchev–Trinajstić information content (AvgIpc) is 2.28. The van der Waals surface area contributed by atoms with Gasteiger partial charge >= 0.3 is 0 Å². The Balaban J connectivity index is 1.95. The van der Waals surface area contributed by atoms with E-state index < -0.39 is 0 Å². The first kappa shape index (κ1) is 12.8. The maximum absolute atomic E-state index is 12.5. The molecule has 2 N–H and O–H groups in total. The number of rotatable bonds is 3. The third-order valence-corrected chi connectivity index (χ3v) is 4.50. The van der Waals surface area contributed by atoms with E-state index in [0.717, 1.165) is 32.1 Å². The lowest BCUT2D eigenvalue weighted by atomic mass is 9.80. The van der Waals surface area contributed by atoms with Crippen molar-refractivity contribution >= 4 is 5.91 Å². The van der Waals surface area contributed by atoms with Crippen LogP contribution in [0.4, 0.5) is 0 Å². The van der Waals surface area contributed by atoms with Crippen LogP contribution in [0.1, 0.15) is 39.0 Å². The van der Waals surface area contributed by atoms with E-state index in [0.29, 0.717) is 25.3 Å². The molecule has 0 aromatic heterocycles. The summed E-state index contributed by atoms with van der Waals surface area (Å²) in [6.45, 7) is 3.27. The van der Waals surface area contributed by atoms with E-state index in [9.17, 15) is 4.79 Å². The van der Waals surface area contributed by atoms with Crippen LogP contribution in [0.3, 0.4) is 0 Å². The van der Waals surface area contributed by atoms with Crippen molar-refractivity contribution in [2.24, 2.45) is 11.1 Å². The van der Waals surface area contributed by atoms with Crippen molar-refractivity contribution < 1.29 is 9.53 Å². The molecule has 0 bridgehead atoms. The molecule has 98 valence electrons. The monoisotopic (exact) mass is 240 g/mol. The lowest BCUT2D eigenvalue weighted by Crippen LogP contribution is -2.56. The molecule has 4 nitrogen and oxygen atoms in total. The van der Waals surface area contributed by atoms with E-state index in [2.05, 4.69) is 6.92 Å². The standard InChI is InChI=1S/C13H24N2O2/c1-3-13(8-17-9-13)12(16)15(2)11-6-4-10(14)5-7-11/h10-11H,3-9,14H2,1-2H3. The third kappa shape index (κ3) is 2.33. The van der Waals surface area contributed by atoms with Crippen molar-refractivity contribution in [3.05, 3.63) is 0 Å². The van der Waals surface area contributed by atoms with Crippen molar-refractivity contribution in [2.45, 2.75) is 51.1 Å². The number of hydrogen-bond donors (Lipinski definition) is 1. The van der Waals surface area contributed by atoms with E-state index >= 15 is 0 Å². The van der Waals surface area contributed by atoms with Crippen molar-refractivity contribution in [3.8, 4) is 0 Å². The number of hydrogen-bond acceptors (Lipinski definition) is 3. The summed E-state index contributed by atoms with van der Waals surface area (Å²) in [6.07, 6.45) is 5.05. The molecule has 1 saturated carbocycles. The molecular formula is C13H24N2O2. The first-order valence-electron chi connectivity index (χ1n) is 6.69. The molecule has 1 aliphatic heterocycles. The van der Waals surface area contributed by atoms with Gasteiger partial charge in [0.2, 0.25) is 5.91 Å². The number of carbonyl (C=O) groups excluding carboxylic acids is 1. The predicted octanol–water partition coefficient (Wildman–Crippen LogP) is 1.14. The smallest absolute Gasteiger partial charge is 0.233 e. The fourth-order valence-electron chi connectivity index (χ4n) is 2.86. The Kier molecular flexibility index (Phi) is 3.73. The minimum atomic E-state index is -0.228. The number of amides is 1. The van der Waals surface area contributed by atoms with E-state index in [1.54, 1.807) is 0 Å². The molecule has 1 heterocycles. The van der Waals surface area contributed by atoms with Crippen LogP contribution < -0.4 is 5.73 Å².